The second kappa shape index (κ2) is 7.76. The van der Waals surface area contributed by atoms with Crippen molar-refractivity contribution in [3.05, 3.63) is 68.8 Å². The first-order chi connectivity index (χ1) is 12.8. The van der Waals surface area contributed by atoms with Gasteiger partial charge in [0.1, 0.15) is 5.76 Å². The number of carbonyl (C=O) groups excluding carboxylic acids is 2. The fourth-order valence-electron chi connectivity index (χ4n) is 3.02. The molecule has 0 fully saturated rings. The summed E-state index contributed by atoms with van der Waals surface area (Å²) in [6, 6.07) is 7.11. The molecular formula is C19H17Cl2NO5. The normalized spacial score (nSPS) is 17.1. The lowest BCUT2D eigenvalue weighted by Gasteiger charge is -2.26. The Morgan fingerprint density at radius 2 is 2.00 bits per heavy atom. The lowest BCUT2D eigenvalue weighted by Crippen LogP contribution is -2.34. The maximum absolute atomic E-state index is 13.0. The highest BCUT2D eigenvalue weighted by atomic mass is 35.5. The van der Waals surface area contributed by atoms with Crippen LogP contribution in [-0.2, 0) is 9.53 Å². The van der Waals surface area contributed by atoms with Crippen molar-refractivity contribution in [1.82, 2.24) is 4.90 Å². The lowest BCUT2D eigenvalue weighted by atomic mass is 9.95. The predicted octanol–water partition coefficient (Wildman–Crippen LogP) is 4.12. The van der Waals surface area contributed by atoms with E-state index in [2.05, 4.69) is 0 Å². The van der Waals surface area contributed by atoms with Crippen molar-refractivity contribution in [2.45, 2.75) is 13.0 Å². The van der Waals surface area contributed by atoms with E-state index in [-0.39, 0.29) is 29.5 Å². The number of carbonyl (C=O) groups is 2. The number of ketones is 1. The minimum Gasteiger partial charge on any atom is -0.503 e. The summed E-state index contributed by atoms with van der Waals surface area (Å²) in [6.07, 6.45) is 0. The van der Waals surface area contributed by atoms with E-state index in [1.165, 1.54) is 18.1 Å². The molecule has 0 bridgehead atoms. The SMILES string of the molecule is COCCN1C(=O)C(O)=C(C(=O)c2ccc(C)o2)[C@@H]1c1ccc(Cl)c(Cl)c1. The lowest BCUT2D eigenvalue weighted by molar-refractivity contribution is -0.130. The van der Waals surface area contributed by atoms with Gasteiger partial charge in [0, 0.05) is 13.7 Å². The number of halogens is 2. The van der Waals surface area contributed by atoms with Crippen molar-refractivity contribution in [2.24, 2.45) is 0 Å². The zero-order valence-electron chi connectivity index (χ0n) is 14.7. The highest BCUT2D eigenvalue weighted by molar-refractivity contribution is 6.42. The molecule has 27 heavy (non-hydrogen) atoms. The largest absolute Gasteiger partial charge is 0.503 e. The van der Waals surface area contributed by atoms with Crippen molar-refractivity contribution in [3.63, 3.8) is 0 Å². The van der Waals surface area contributed by atoms with E-state index in [0.717, 1.165) is 0 Å². The van der Waals surface area contributed by atoms with Gasteiger partial charge in [0.15, 0.2) is 11.5 Å². The number of nitrogens with zero attached hydrogens (tertiary/aromatic N) is 1. The number of benzene rings is 1. The molecule has 1 aliphatic heterocycles. The van der Waals surface area contributed by atoms with Crippen LogP contribution in [0.5, 0.6) is 0 Å². The number of aryl methyl sites for hydroxylation is 1. The van der Waals surface area contributed by atoms with Crippen LogP contribution in [0.1, 0.15) is 27.9 Å². The second-order valence-corrected chi connectivity index (χ2v) is 6.88. The summed E-state index contributed by atoms with van der Waals surface area (Å²) in [7, 11) is 1.50. The molecule has 1 atom stereocenters. The Hall–Kier alpha value is -2.28. The maximum atomic E-state index is 13.0. The minimum atomic E-state index is -0.833. The second-order valence-electron chi connectivity index (χ2n) is 6.07. The van der Waals surface area contributed by atoms with E-state index >= 15 is 0 Å². The molecule has 1 aliphatic rings. The number of amides is 1. The Morgan fingerprint density at radius 1 is 1.26 bits per heavy atom. The predicted molar refractivity (Wildman–Crippen MR) is 100 cm³/mol. The summed E-state index contributed by atoms with van der Waals surface area (Å²) in [5.74, 6) is -1.24. The topological polar surface area (TPSA) is 80.0 Å². The third-order valence-corrected chi connectivity index (χ3v) is 5.05. The molecule has 142 valence electrons. The van der Waals surface area contributed by atoms with Gasteiger partial charge in [0.25, 0.3) is 5.91 Å². The zero-order chi connectivity index (χ0) is 19.7. The number of hydrogen-bond acceptors (Lipinski definition) is 5. The van der Waals surface area contributed by atoms with E-state index in [4.69, 9.17) is 32.4 Å². The quantitative estimate of drug-likeness (QED) is 0.725. The fraction of sp³-hybridized carbons (Fsp3) is 0.263. The first kappa shape index (κ1) is 19.5. The summed E-state index contributed by atoms with van der Waals surface area (Å²) in [5, 5.41) is 11.1. The van der Waals surface area contributed by atoms with Gasteiger partial charge in [-0.15, -0.1) is 0 Å². The zero-order valence-corrected chi connectivity index (χ0v) is 16.2. The molecule has 1 amide bonds. The molecule has 1 N–H and O–H groups in total. The summed E-state index contributed by atoms with van der Waals surface area (Å²) < 4.78 is 10.4. The highest BCUT2D eigenvalue weighted by Gasteiger charge is 2.44. The number of ether oxygens (including phenoxy) is 1. The van der Waals surface area contributed by atoms with Crippen LogP contribution in [0.4, 0.5) is 0 Å². The number of rotatable bonds is 6. The van der Waals surface area contributed by atoms with Crippen molar-refractivity contribution in [1.29, 1.82) is 0 Å². The smallest absolute Gasteiger partial charge is 0.290 e. The molecule has 1 aromatic heterocycles. The molecule has 0 spiro atoms. The minimum absolute atomic E-state index is 0.0421. The molecule has 2 heterocycles. The molecule has 1 aromatic carbocycles. The summed E-state index contributed by atoms with van der Waals surface area (Å²) in [5.41, 5.74) is 0.480. The van der Waals surface area contributed by atoms with Crippen molar-refractivity contribution in [2.75, 3.05) is 20.3 Å². The van der Waals surface area contributed by atoms with Crippen LogP contribution in [0.2, 0.25) is 10.0 Å². The van der Waals surface area contributed by atoms with Crippen LogP contribution in [-0.4, -0.2) is 42.0 Å². The average molecular weight is 410 g/mol. The Morgan fingerprint density at radius 3 is 2.59 bits per heavy atom. The Kier molecular flexibility index (Phi) is 5.60. The molecule has 0 saturated heterocycles. The van der Waals surface area contributed by atoms with Gasteiger partial charge in [-0.1, -0.05) is 29.3 Å². The van der Waals surface area contributed by atoms with E-state index < -0.39 is 23.5 Å². The van der Waals surface area contributed by atoms with Crippen LogP contribution >= 0.6 is 23.2 Å². The van der Waals surface area contributed by atoms with Gasteiger partial charge in [0.05, 0.1) is 28.3 Å². The van der Waals surface area contributed by atoms with Crippen LogP contribution in [0.3, 0.4) is 0 Å². The summed E-state index contributed by atoms with van der Waals surface area (Å²) in [6.45, 7) is 2.11. The third kappa shape index (κ3) is 3.60. The molecule has 0 aliphatic carbocycles. The van der Waals surface area contributed by atoms with Crippen LogP contribution in [0.15, 0.2) is 46.1 Å². The molecule has 2 aromatic rings. The van der Waals surface area contributed by atoms with Crippen LogP contribution in [0, 0.1) is 6.92 Å². The van der Waals surface area contributed by atoms with Crippen molar-refractivity contribution in [3.8, 4) is 0 Å². The molecule has 0 radical (unpaired) electrons. The number of aliphatic hydroxyl groups excluding tert-OH is 1. The van der Waals surface area contributed by atoms with E-state index in [9.17, 15) is 14.7 Å². The molecule has 3 rings (SSSR count). The monoisotopic (exact) mass is 409 g/mol. The van der Waals surface area contributed by atoms with E-state index in [0.29, 0.717) is 16.3 Å². The third-order valence-electron chi connectivity index (χ3n) is 4.31. The van der Waals surface area contributed by atoms with Gasteiger partial charge < -0.3 is 19.2 Å². The maximum Gasteiger partial charge on any atom is 0.290 e. The molecule has 6 nitrogen and oxygen atoms in total. The fourth-order valence-corrected chi connectivity index (χ4v) is 3.33. The Balaban J connectivity index is 2.10. The summed E-state index contributed by atoms with van der Waals surface area (Å²) >= 11 is 12.1. The van der Waals surface area contributed by atoms with Crippen LogP contribution < -0.4 is 0 Å². The van der Waals surface area contributed by atoms with Gasteiger partial charge in [0.2, 0.25) is 5.78 Å². The number of Topliss-reactive ketones (excluding diaryl/α,β-unsaturated/α-hetero) is 1. The van der Waals surface area contributed by atoms with Gasteiger partial charge in [-0.25, -0.2) is 0 Å². The van der Waals surface area contributed by atoms with E-state index in [1.807, 2.05) is 0 Å². The van der Waals surface area contributed by atoms with Gasteiger partial charge in [-0.3, -0.25) is 9.59 Å². The van der Waals surface area contributed by atoms with Crippen molar-refractivity contribution < 1.29 is 23.8 Å². The van der Waals surface area contributed by atoms with Crippen molar-refractivity contribution >= 4 is 34.9 Å². The van der Waals surface area contributed by atoms with Gasteiger partial charge >= 0.3 is 0 Å². The van der Waals surface area contributed by atoms with Gasteiger partial charge in [-0.05, 0) is 36.8 Å². The van der Waals surface area contributed by atoms with E-state index in [1.54, 1.807) is 31.2 Å². The number of hydrogen-bond donors (Lipinski definition) is 1. The standard InChI is InChI=1S/C19H17Cl2NO5/c1-10-3-6-14(27-10)17(23)15-16(11-4-5-12(20)13(21)9-11)22(7-8-26-2)19(25)18(15)24/h3-6,9,16,24H,7-8H2,1-2H3/t16-/m0/s1. The number of methoxy groups -OCH3 is 1. The highest BCUT2D eigenvalue weighted by Crippen LogP contribution is 2.40. The van der Waals surface area contributed by atoms with Crippen LogP contribution in [0.25, 0.3) is 0 Å². The average Bonchev–Trinajstić information content (AvgIpc) is 3.18. The van der Waals surface area contributed by atoms with Gasteiger partial charge in [-0.2, -0.15) is 0 Å². The Bertz CT molecular complexity index is 934. The molecule has 0 saturated carbocycles. The first-order valence-electron chi connectivity index (χ1n) is 8.14. The number of furan rings is 1. The first-order valence-corrected chi connectivity index (χ1v) is 8.90. The Labute approximate surface area is 165 Å². The summed E-state index contributed by atoms with van der Waals surface area (Å²) in [4.78, 5) is 27.0. The molecule has 8 heteroatoms. The number of aliphatic hydroxyl groups is 1. The molecular weight excluding hydrogens is 393 g/mol. The molecule has 0 unspecified atom stereocenters.